The van der Waals surface area contributed by atoms with Gasteiger partial charge in [-0.2, -0.15) is 4.98 Å². The van der Waals surface area contributed by atoms with Crippen molar-refractivity contribution in [1.82, 2.24) is 9.97 Å². The quantitative estimate of drug-likeness (QED) is 0.882. The van der Waals surface area contributed by atoms with Gasteiger partial charge in [-0.25, -0.2) is 4.98 Å². The van der Waals surface area contributed by atoms with Crippen LogP contribution >= 0.6 is 0 Å². The van der Waals surface area contributed by atoms with E-state index in [1.165, 1.54) is 12.8 Å². The van der Waals surface area contributed by atoms with Crippen molar-refractivity contribution in [2.45, 2.75) is 59.0 Å². The van der Waals surface area contributed by atoms with Crippen LogP contribution in [0.2, 0.25) is 0 Å². The molecule has 1 fully saturated rings. The highest BCUT2D eigenvalue weighted by Gasteiger charge is 2.20. The van der Waals surface area contributed by atoms with Gasteiger partial charge in [0.15, 0.2) is 0 Å². The first-order chi connectivity index (χ1) is 9.17. The SMILES string of the molecule is CCCNc1cc(OC2CCC(C)CC2)nc(C)n1. The fraction of sp³-hybridized carbons (Fsp3) is 0.733. The Bertz CT molecular complexity index is 400. The van der Waals surface area contributed by atoms with E-state index in [9.17, 15) is 0 Å². The molecule has 0 aliphatic heterocycles. The predicted octanol–water partition coefficient (Wildman–Crippen LogP) is 3.56. The van der Waals surface area contributed by atoms with E-state index in [4.69, 9.17) is 4.74 Å². The Morgan fingerprint density at radius 1 is 1.26 bits per heavy atom. The Hall–Kier alpha value is -1.32. The summed E-state index contributed by atoms with van der Waals surface area (Å²) in [4.78, 5) is 8.76. The first-order valence-corrected chi connectivity index (χ1v) is 7.43. The van der Waals surface area contributed by atoms with Crippen LogP contribution in [0.15, 0.2) is 6.07 Å². The highest BCUT2D eigenvalue weighted by atomic mass is 16.5. The molecule has 1 saturated carbocycles. The Morgan fingerprint density at radius 2 is 2.00 bits per heavy atom. The molecule has 1 aliphatic rings. The summed E-state index contributed by atoms with van der Waals surface area (Å²) in [7, 11) is 0. The molecule has 0 amide bonds. The maximum absolute atomic E-state index is 6.01. The van der Waals surface area contributed by atoms with Crippen LogP contribution in [-0.2, 0) is 0 Å². The number of nitrogens with zero attached hydrogens (tertiary/aromatic N) is 2. The smallest absolute Gasteiger partial charge is 0.218 e. The molecule has 0 radical (unpaired) electrons. The second-order valence-corrected chi connectivity index (χ2v) is 5.57. The minimum atomic E-state index is 0.324. The van der Waals surface area contributed by atoms with E-state index < -0.39 is 0 Å². The van der Waals surface area contributed by atoms with Crippen LogP contribution < -0.4 is 10.1 Å². The molecule has 0 atom stereocenters. The van der Waals surface area contributed by atoms with Crippen molar-refractivity contribution in [3.8, 4) is 5.88 Å². The van der Waals surface area contributed by atoms with E-state index in [2.05, 4.69) is 29.1 Å². The van der Waals surface area contributed by atoms with E-state index in [-0.39, 0.29) is 0 Å². The number of rotatable bonds is 5. The van der Waals surface area contributed by atoms with E-state index in [0.717, 1.165) is 43.4 Å². The summed E-state index contributed by atoms with van der Waals surface area (Å²) in [5, 5.41) is 3.29. The Kier molecular flexibility index (Phi) is 5.00. The number of hydrogen-bond donors (Lipinski definition) is 1. The number of anilines is 1. The largest absolute Gasteiger partial charge is 0.474 e. The fourth-order valence-corrected chi connectivity index (χ4v) is 2.46. The molecule has 1 heterocycles. The minimum Gasteiger partial charge on any atom is -0.474 e. The number of nitrogens with one attached hydrogen (secondary N) is 1. The van der Waals surface area contributed by atoms with Gasteiger partial charge in [-0.3, -0.25) is 0 Å². The summed E-state index contributed by atoms with van der Waals surface area (Å²) < 4.78 is 6.01. The van der Waals surface area contributed by atoms with Crippen LogP contribution in [-0.4, -0.2) is 22.6 Å². The first kappa shape index (κ1) is 14.1. The number of aryl methyl sites for hydroxylation is 1. The third-order valence-corrected chi connectivity index (χ3v) is 3.62. The third kappa shape index (κ3) is 4.37. The summed E-state index contributed by atoms with van der Waals surface area (Å²) >= 11 is 0. The summed E-state index contributed by atoms with van der Waals surface area (Å²) in [6.07, 6.45) is 6.21. The van der Waals surface area contributed by atoms with Crippen molar-refractivity contribution in [2.75, 3.05) is 11.9 Å². The zero-order valence-electron chi connectivity index (χ0n) is 12.3. The zero-order chi connectivity index (χ0) is 13.7. The minimum absolute atomic E-state index is 0.324. The molecule has 4 nitrogen and oxygen atoms in total. The van der Waals surface area contributed by atoms with Crippen LogP contribution in [0.1, 0.15) is 51.8 Å². The van der Waals surface area contributed by atoms with Crippen molar-refractivity contribution >= 4 is 5.82 Å². The number of hydrogen-bond acceptors (Lipinski definition) is 4. The standard InChI is InChI=1S/C15H25N3O/c1-4-9-16-14-10-15(18-12(3)17-14)19-13-7-5-11(2)6-8-13/h10-11,13H,4-9H2,1-3H3,(H,16,17,18). The molecule has 2 rings (SSSR count). The van der Waals surface area contributed by atoms with Gasteiger partial charge in [0.05, 0.1) is 0 Å². The maximum Gasteiger partial charge on any atom is 0.218 e. The molecule has 4 heteroatoms. The van der Waals surface area contributed by atoms with Gasteiger partial charge >= 0.3 is 0 Å². The summed E-state index contributed by atoms with van der Waals surface area (Å²) in [6, 6.07) is 1.92. The molecule has 106 valence electrons. The average Bonchev–Trinajstić information content (AvgIpc) is 2.38. The van der Waals surface area contributed by atoms with Gasteiger partial charge in [-0.1, -0.05) is 13.8 Å². The molecule has 0 spiro atoms. The lowest BCUT2D eigenvalue weighted by Crippen LogP contribution is -2.23. The third-order valence-electron chi connectivity index (χ3n) is 3.62. The van der Waals surface area contributed by atoms with E-state index in [1.54, 1.807) is 0 Å². The van der Waals surface area contributed by atoms with Crippen LogP contribution in [0.25, 0.3) is 0 Å². The summed E-state index contributed by atoms with van der Waals surface area (Å²) in [5.41, 5.74) is 0. The molecule has 0 unspecified atom stereocenters. The second kappa shape index (κ2) is 6.73. The molecule has 1 aromatic heterocycles. The molecular weight excluding hydrogens is 238 g/mol. The summed E-state index contributed by atoms with van der Waals surface area (Å²) in [6.45, 7) is 7.29. The van der Waals surface area contributed by atoms with Crippen molar-refractivity contribution in [3.05, 3.63) is 11.9 Å². The fourth-order valence-electron chi connectivity index (χ4n) is 2.46. The second-order valence-electron chi connectivity index (χ2n) is 5.57. The summed E-state index contributed by atoms with van der Waals surface area (Å²) in [5.74, 6) is 3.19. The highest BCUT2D eigenvalue weighted by molar-refractivity contribution is 5.38. The maximum atomic E-state index is 6.01. The van der Waals surface area contributed by atoms with Crippen molar-refractivity contribution < 1.29 is 4.74 Å². The Morgan fingerprint density at radius 3 is 2.68 bits per heavy atom. The number of ether oxygens (including phenoxy) is 1. The molecule has 1 N–H and O–H groups in total. The molecule has 0 saturated heterocycles. The Balaban J connectivity index is 1.97. The first-order valence-electron chi connectivity index (χ1n) is 7.43. The van der Waals surface area contributed by atoms with Crippen molar-refractivity contribution in [2.24, 2.45) is 5.92 Å². The van der Waals surface area contributed by atoms with E-state index >= 15 is 0 Å². The van der Waals surface area contributed by atoms with Gasteiger partial charge in [-0.05, 0) is 44.9 Å². The van der Waals surface area contributed by atoms with Crippen molar-refractivity contribution in [1.29, 1.82) is 0 Å². The van der Waals surface area contributed by atoms with Gasteiger partial charge in [0.25, 0.3) is 0 Å². The average molecular weight is 263 g/mol. The molecule has 19 heavy (non-hydrogen) atoms. The van der Waals surface area contributed by atoms with Gasteiger partial charge < -0.3 is 10.1 Å². The lowest BCUT2D eigenvalue weighted by Gasteiger charge is -2.26. The Labute approximate surface area is 116 Å². The van der Waals surface area contributed by atoms with Gasteiger partial charge in [0, 0.05) is 12.6 Å². The van der Waals surface area contributed by atoms with E-state index in [0.29, 0.717) is 12.0 Å². The molecule has 0 aromatic carbocycles. The topological polar surface area (TPSA) is 47.0 Å². The zero-order valence-corrected chi connectivity index (χ0v) is 12.3. The molecule has 1 aromatic rings. The molecule has 0 bridgehead atoms. The van der Waals surface area contributed by atoms with Crippen molar-refractivity contribution in [3.63, 3.8) is 0 Å². The van der Waals surface area contributed by atoms with Gasteiger partial charge in [0.2, 0.25) is 5.88 Å². The van der Waals surface area contributed by atoms with Crippen LogP contribution in [0, 0.1) is 12.8 Å². The lowest BCUT2D eigenvalue weighted by atomic mass is 9.89. The normalized spacial score (nSPS) is 23.1. The van der Waals surface area contributed by atoms with Crippen LogP contribution in [0.4, 0.5) is 5.82 Å². The molecular formula is C15H25N3O. The lowest BCUT2D eigenvalue weighted by molar-refractivity contribution is 0.130. The monoisotopic (exact) mass is 263 g/mol. The van der Waals surface area contributed by atoms with Crippen LogP contribution in [0.5, 0.6) is 5.88 Å². The number of aromatic nitrogens is 2. The highest BCUT2D eigenvalue weighted by Crippen LogP contribution is 2.27. The van der Waals surface area contributed by atoms with Gasteiger partial charge in [0.1, 0.15) is 17.7 Å². The molecule has 1 aliphatic carbocycles. The predicted molar refractivity (Wildman–Crippen MR) is 77.6 cm³/mol. The van der Waals surface area contributed by atoms with E-state index in [1.807, 2.05) is 13.0 Å². The van der Waals surface area contributed by atoms with Gasteiger partial charge in [-0.15, -0.1) is 0 Å². The van der Waals surface area contributed by atoms with Crippen LogP contribution in [0.3, 0.4) is 0 Å².